The van der Waals surface area contributed by atoms with Crippen LogP contribution in [-0.4, -0.2) is 42.1 Å². The Hall–Kier alpha value is -1.93. The first-order valence-corrected chi connectivity index (χ1v) is 8.47. The van der Waals surface area contributed by atoms with Crippen molar-refractivity contribution in [3.63, 3.8) is 0 Å². The third kappa shape index (κ3) is 7.97. The van der Waals surface area contributed by atoms with Crippen molar-refractivity contribution in [3.05, 3.63) is 29.3 Å². The molecule has 148 valence electrons. The molecule has 6 nitrogen and oxygen atoms in total. The molecule has 0 radical (unpaired) electrons. The molecule has 0 bridgehead atoms. The summed E-state index contributed by atoms with van der Waals surface area (Å²) in [5.74, 6) is -1.65. The van der Waals surface area contributed by atoms with Crippen molar-refractivity contribution >= 4 is 6.09 Å². The summed E-state index contributed by atoms with van der Waals surface area (Å²) < 4.78 is 38.3. The van der Waals surface area contributed by atoms with Crippen molar-refractivity contribution in [2.24, 2.45) is 0 Å². The number of ether oxygens (including phenoxy) is 2. The van der Waals surface area contributed by atoms with Gasteiger partial charge in [0.2, 0.25) is 0 Å². The van der Waals surface area contributed by atoms with Crippen LogP contribution in [0.5, 0.6) is 5.75 Å². The molecule has 0 fully saturated rings. The average Bonchev–Trinajstić information content (AvgIpc) is 2.51. The summed E-state index contributed by atoms with van der Waals surface area (Å²) in [7, 11) is 0. The third-order valence-corrected chi connectivity index (χ3v) is 3.25. The van der Waals surface area contributed by atoms with Crippen LogP contribution in [0.3, 0.4) is 0 Å². The van der Waals surface area contributed by atoms with Crippen LogP contribution in [0, 0.1) is 11.6 Å². The summed E-state index contributed by atoms with van der Waals surface area (Å²) in [5, 5.41) is 14.5. The highest BCUT2D eigenvalue weighted by Gasteiger charge is 2.19. The minimum atomic E-state index is -0.831. The molecule has 0 spiro atoms. The Morgan fingerprint density at radius 1 is 1.27 bits per heavy atom. The summed E-state index contributed by atoms with van der Waals surface area (Å²) in [6.45, 7) is 8.72. The number of carbonyl (C=O) groups is 1. The maximum atomic E-state index is 14.1. The molecule has 2 atom stereocenters. The van der Waals surface area contributed by atoms with E-state index in [0.29, 0.717) is 0 Å². The Kier molecular flexibility index (Phi) is 8.23. The van der Waals surface area contributed by atoms with Crippen molar-refractivity contribution < 1.29 is 28.2 Å². The molecule has 0 aliphatic carbocycles. The number of aliphatic hydroxyl groups excluding tert-OH is 1. The summed E-state index contributed by atoms with van der Waals surface area (Å²) in [5.41, 5.74) is -0.341. The van der Waals surface area contributed by atoms with E-state index in [1.165, 1.54) is 6.07 Å². The molecule has 0 heterocycles. The van der Waals surface area contributed by atoms with Crippen molar-refractivity contribution in [2.75, 3.05) is 13.2 Å². The Morgan fingerprint density at radius 3 is 2.50 bits per heavy atom. The number of hydrogen-bond acceptors (Lipinski definition) is 5. The molecule has 1 amide bonds. The molecule has 0 aliphatic heterocycles. The van der Waals surface area contributed by atoms with Gasteiger partial charge in [0.25, 0.3) is 0 Å². The second-order valence-corrected chi connectivity index (χ2v) is 7.15. The van der Waals surface area contributed by atoms with Gasteiger partial charge in [0, 0.05) is 24.2 Å². The van der Waals surface area contributed by atoms with E-state index in [1.807, 2.05) is 0 Å². The Balaban J connectivity index is 2.73. The van der Waals surface area contributed by atoms with E-state index in [2.05, 4.69) is 10.6 Å². The fraction of sp³-hybridized carbons (Fsp3) is 0.611. The van der Waals surface area contributed by atoms with Gasteiger partial charge in [-0.1, -0.05) is 0 Å². The van der Waals surface area contributed by atoms with Gasteiger partial charge < -0.3 is 25.2 Å². The van der Waals surface area contributed by atoms with E-state index >= 15 is 0 Å². The SMILES string of the molecule is C[C@H](CO)NCc1cc(F)cc(F)c1O[C@@H](C)CNC(=O)OC(C)(C)C. The average molecular weight is 374 g/mol. The molecule has 0 unspecified atom stereocenters. The fourth-order valence-electron chi connectivity index (χ4n) is 2.01. The summed E-state index contributed by atoms with van der Waals surface area (Å²) >= 11 is 0. The first-order valence-electron chi connectivity index (χ1n) is 8.47. The number of amides is 1. The second-order valence-electron chi connectivity index (χ2n) is 7.15. The lowest BCUT2D eigenvalue weighted by Gasteiger charge is -2.22. The third-order valence-electron chi connectivity index (χ3n) is 3.25. The zero-order valence-electron chi connectivity index (χ0n) is 15.9. The van der Waals surface area contributed by atoms with Gasteiger partial charge in [0.15, 0.2) is 11.6 Å². The van der Waals surface area contributed by atoms with Gasteiger partial charge in [-0.3, -0.25) is 0 Å². The van der Waals surface area contributed by atoms with E-state index < -0.39 is 29.4 Å². The largest absolute Gasteiger partial charge is 0.485 e. The highest BCUT2D eigenvalue weighted by Crippen LogP contribution is 2.25. The molecule has 1 aromatic carbocycles. The number of hydrogen-bond donors (Lipinski definition) is 3. The molecule has 3 N–H and O–H groups in total. The quantitative estimate of drug-likeness (QED) is 0.652. The van der Waals surface area contributed by atoms with Gasteiger partial charge >= 0.3 is 6.09 Å². The van der Waals surface area contributed by atoms with Crippen LogP contribution in [0.15, 0.2) is 12.1 Å². The van der Waals surface area contributed by atoms with Crippen LogP contribution < -0.4 is 15.4 Å². The Labute approximate surface area is 152 Å². The number of carbonyl (C=O) groups excluding carboxylic acids is 1. The van der Waals surface area contributed by atoms with E-state index in [-0.39, 0.29) is 37.1 Å². The number of aliphatic hydroxyl groups is 1. The highest BCUT2D eigenvalue weighted by molar-refractivity contribution is 5.67. The molecule has 0 saturated heterocycles. The Bertz CT molecular complexity index is 606. The van der Waals surface area contributed by atoms with E-state index in [0.717, 1.165) is 6.07 Å². The van der Waals surface area contributed by atoms with Gasteiger partial charge in [-0.15, -0.1) is 0 Å². The lowest BCUT2D eigenvalue weighted by Crippen LogP contribution is -2.38. The van der Waals surface area contributed by atoms with Gasteiger partial charge in [-0.25, -0.2) is 13.6 Å². The van der Waals surface area contributed by atoms with Crippen LogP contribution in [0.25, 0.3) is 0 Å². The standard InChI is InChI=1S/C18H28F2N2O4/c1-11(10-23)21-9-13-6-14(19)7-15(20)16(13)25-12(2)8-22-17(24)26-18(3,4)5/h6-7,11-12,21,23H,8-10H2,1-5H3,(H,22,24)/t11-,12+/m1/s1. The van der Waals surface area contributed by atoms with E-state index in [4.69, 9.17) is 14.6 Å². The lowest BCUT2D eigenvalue weighted by atomic mass is 10.1. The monoisotopic (exact) mass is 374 g/mol. The molecular weight excluding hydrogens is 346 g/mol. The molecule has 1 rings (SSSR count). The number of benzene rings is 1. The predicted molar refractivity (Wildman–Crippen MR) is 94.1 cm³/mol. The maximum Gasteiger partial charge on any atom is 0.407 e. The predicted octanol–water partition coefficient (Wildman–Crippen LogP) is 2.73. The van der Waals surface area contributed by atoms with E-state index in [1.54, 1.807) is 34.6 Å². The molecule has 0 aromatic heterocycles. The number of nitrogens with one attached hydrogen (secondary N) is 2. The first kappa shape index (κ1) is 22.1. The van der Waals surface area contributed by atoms with Gasteiger partial charge in [-0.05, 0) is 40.7 Å². The molecule has 0 saturated carbocycles. The van der Waals surface area contributed by atoms with Crippen LogP contribution >= 0.6 is 0 Å². The van der Waals surface area contributed by atoms with Crippen LogP contribution in [0.2, 0.25) is 0 Å². The van der Waals surface area contributed by atoms with Crippen molar-refractivity contribution in [2.45, 2.75) is 58.9 Å². The summed E-state index contributed by atoms with van der Waals surface area (Å²) in [6.07, 6.45) is -1.18. The lowest BCUT2D eigenvalue weighted by molar-refractivity contribution is 0.0504. The van der Waals surface area contributed by atoms with Gasteiger partial charge in [0.1, 0.15) is 17.5 Å². The molecule has 26 heavy (non-hydrogen) atoms. The van der Waals surface area contributed by atoms with Crippen molar-refractivity contribution in [1.29, 1.82) is 0 Å². The zero-order chi connectivity index (χ0) is 19.9. The molecule has 8 heteroatoms. The van der Waals surface area contributed by atoms with Crippen LogP contribution in [0.1, 0.15) is 40.2 Å². The number of rotatable bonds is 8. The highest BCUT2D eigenvalue weighted by atomic mass is 19.1. The van der Waals surface area contributed by atoms with Gasteiger partial charge in [-0.2, -0.15) is 0 Å². The normalized spacial score (nSPS) is 13.8. The minimum Gasteiger partial charge on any atom is -0.485 e. The summed E-state index contributed by atoms with van der Waals surface area (Å²) in [6, 6.07) is 1.67. The Morgan fingerprint density at radius 2 is 1.92 bits per heavy atom. The van der Waals surface area contributed by atoms with Crippen LogP contribution in [-0.2, 0) is 11.3 Å². The summed E-state index contributed by atoms with van der Waals surface area (Å²) in [4.78, 5) is 11.7. The van der Waals surface area contributed by atoms with Crippen molar-refractivity contribution in [3.8, 4) is 5.75 Å². The fourth-order valence-corrected chi connectivity index (χ4v) is 2.01. The molecule has 1 aromatic rings. The number of halogens is 2. The zero-order valence-corrected chi connectivity index (χ0v) is 15.9. The molecule has 0 aliphatic rings. The van der Waals surface area contributed by atoms with Crippen molar-refractivity contribution in [1.82, 2.24) is 10.6 Å². The van der Waals surface area contributed by atoms with Gasteiger partial charge in [0.05, 0.1) is 13.2 Å². The second kappa shape index (κ2) is 9.68. The topological polar surface area (TPSA) is 79.8 Å². The van der Waals surface area contributed by atoms with E-state index in [9.17, 15) is 13.6 Å². The molecular formula is C18H28F2N2O4. The number of alkyl carbamates (subject to hydrolysis) is 1. The van der Waals surface area contributed by atoms with Crippen LogP contribution in [0.4, 0.5) is 13.6 Å². The smallest absolute Gasteiger partial charge is 0.407 e. The maximum absolute atomic E-state index is 14.1. The first-order chi connectivity index (χ1) is 12.0. The minimum absolute atomic E-state index is 0.0889.